The number of anilines is 1. The molecule has 3 rings (SSSR count). The fourth-order valence-corrected chi connectivity index (χ4v) is 4.69. The number of likely N-dealkylation sites (N-methyl/N-ethyl adjacent to an activating group) is 1. The van der Waals surface area contributed by atoms with E-state index >= 15 is 0 Å². The van der Waals surface area contributed by atoms with Gasteiger partial charge in [-0.2, -0.15) is 0 Å². The van der Waals surface area contributed by atoms with Crippen LogP contribution in [0.3, 0.4) is 0 Å². The van der Waals surface area contributed by atoms with E-state index in [2.05, 4.69) is 15.5 Å². The van der Waals surface area contributed by atoms with Gasteiger partial charge in [-0.3, -0.25) is 4.79 Å². The van der Waals surface area contributed by atoms with E-state index in [1.807, 2.05) is 20.8 Å². The molecular formula is C22H32ClN5O6S. The lowest BCUT2D eigenvalue weighted by atomic mass is 9.90. The maximum Gasteiger partial charge on any atom is 0.410 e. The zero-order chi connectivity index (χ0) is 25.8. The first-order valence-electron chi connectivity index (χ1n) is 11.4. The molecule has 3 N–H and O–H groups in total. The number of hydrogen-bond donors (Lipinski definition) is 3. The second-order valence-corrected chi connectivity index (χ2v) is 11.3. The van der Waals surface area contributed by atoms with Crippen LogP contribution in [0.1, 0.15) is 61.6 Å². The summed E-state index contributed by atoms with van der Waals surface area (Å²) in [6.45, 7) is 6.49. The highest BCUT2D eigenvalue weighted by Crippen LogP contribution is 2.31. The first kappa shape index (κ1) is 27.2. The molecule has 3 heterocycles. The number of carbonyl (C=O) groups is 2. The van der Waals surface area contributed by atoms with Crippen molar-refractivity contribution in [3.8, 4) is 0 Å². The summed E-state index contributed by atoms with van der Waals surface area (Å²) < 4.78 is 11.7. The van der Waals surface area contributed by atoms with Crippen LogP contribution in [0, 0.1) is 5.92 Å². The van der Waals surface area contributed by atoms with Gasteiger partial charge >= 0.3 is 12.1 Å². The molecule has 0 spiro atoms. The van der Waals surface area contributed by atoms with Gasteiger partial charge in [0.1, 0.15) is 11.6 Å². The van der Waals surface area contributed by atoms with E-state index in [1.165, 1.54) is 16.2 Å². The molecule has 2 amide bonds. The maximum absolute atomic E-state index is 12.8. The van der Waals surface area contributed by atoms with Crippen LogP contribution < -0.4 is 10.2 Å². The third-order valence-electron chi connectivity index (χ3n) is 5.43. The molecule has 0 bridgehead atoms. The number of carbonyl (C=O) groups excluding carboxylic acids is 2. The van der Waals surface area contributed by atoms with Crippen LogP contribution in [-0.2, 0) is 4.74 Å². The predicted octanol–water partition coefficient (Wildman–Crippen LogP) is 3.04. The van der Waals surface area contributed by atoms with Gasteiger partial charge in [-0.15, -0.1) is 16.4 Å². The van der Waals surface area contributed by atoms with Crippen molar-refractivity contribution in [2.24, 2.45) is 5.92 Å². The van der Waals surface area contributed by atoms with Gasteiger partial charge in [0.15, 0.2) is 6.29 Å². The largest absolute Gasteiger partial charge is 0.444 e. The highest BCUT2D eigenvalue weighted by atomic mass is 35.5. The van der Waals surface area contributed by atoms with Crippen LogP contribution in [0.2, 0.25) is 4.34 Å². The van der Waals surface area contributed by atoms with Crippen LogP contribution in [0.4, 0.5) is 10.8 Å². The highest BCUT2D eigenvalue weighted by Gasteiger charge is 2.31. The molecule has 1 aliphatic rings. The quantitative estimate of drug-likeness (QED) is 0.440. The summed E-state index contributed by atoms with van der Waals surface area (Å²) in [4.78, 5) is 28.8. The molecule has 2 aromatic rings. The Bertz CT molecular complexity index is 999. The van der Waals surface area contributed by atoms with E-state index in [9.17, 15) is 19.8 Å². The molecule has 0 saturated carbocycles. The minimum Gasteiger partial charge on any atom is -0.444 e. The van der Waals surface area contributed by atoms with Crippen molar-refractivity contribution >= 4 is 41.0 Å². The molecule has 13 heteroatoms. The third-order valence-corrected chi connectivity index (χ3v) is 6.66. The van der Waals surface area contributed by atoms with Gasteiger partial charge in [0.2, 0.25) is 5.89 Å². The Morgan fingerprint density at radius 3 is 2.57 bits per heavy atom. The number of ether oxygens (including phenoxy) is 1. The number of aromatic nitrogens is 2. The normalized spacial score (nSPS) is 15.8. The minimum absolute atomic E-state index is 0.103. The van der Waals surface area contributed by atoms with Crippen LogP contribution in [0.25, 0.3) is 0 Å². The minimum atomic E-state index is -1.57. The van der Waals surface area contributed by atoms with Gasteiger partial charge in [-0.05, 0) is 58.1 Å². The van der Waals surface area contributed by atoms with Crippen molar-refractivity contribution in [3.05, 3.63) is 27.2 Å². The summed E-state index contributed by atoms with van der Waals surface area (Å²) in [6.07, 6.45) is 0.0962. The Hall–Kier alpha value is -2.41. The lowest BCUT2D eigenvalue weighted by molar-refractivity contribution is -0.0320. The highest BCUT2D eigenvalue weighted by molar-refractivity contribution is 7.18. The summed E-state index contributed by atoms with van der Waals surface area (Å²) in [5, 5.41) is 29.5. The number of thiophene rings is 1. The van der Waals surface area contributed by atoms with Gasteiger partial charge in [0, 0.05) is 20.1 Å². The predicted molar refractivity (Wildman–Crippen MR) is 130 cm³/mol. The Balaban J connectivity index is 1.69. The summed E-state index contributed by atoms with van der Waals surface area (Å²) >= 11 is 7.15. The average Bonchev–Trinajstić information content (AvgIpc) is 3.41. The van der Waals surface area contributed by atoms with Gasteiger partial charge in [0.05, 0.1) is 15.8 Å². The van der Waals surface area contributed by atoms with Gasteiger partial charge < -0.3 is 34.5 Å². The lowest BCUT2D eigenvalue weighted by Gasteiger charge is -2.34. The summed E-state index contributed by atoms with van der Waals surface area (Å²) in [5.74, 6) is 0.0973. The molecule has 1 saturated heterocycles. The number of amides is 2. The number of nitrogens with zero attached hydrogens (tertiary/aromatic N) is 4. The monoisotopic (exact) mass is 529 g/mol. The van der Waals surface area contributed by atoms with E-state index in [1.54, 1.807) is 24.1 Å². The SMILES string of the molecule is CN(CC(O)O)c1nnc(C(CC2CCN(C(=O)OC(C)(C)C)CC2)NC(=O)c2ccc(Cl)s2)o1. The zero-order valence-electron chi connectivity index (χ0n) is 20.2. The van der Waals surface area contributed by atoms with E-state index in [0.717, 1.165) is 12.8 Å². The van der Waals surface area contributed by atoms with Crippen molar-refractivity contribution in [2.45, 2.75) is 58.0 Å². The van der Waals surface area contributed by atoms with Crippen molar-refractivity contribution in [2.75, 3.05) is 31.6 Å². The van der Waals surface area contributed by atoms with Gasteiger partial charge in [-0.1, -0.05) is 16.7 Å². The molecule has 0 aliphatic carbocycles. The number of halogens is 1. The van der Waals surface area contributed by atoms with Crippen molar-refractivity contribution in [1.82, 2.24) is 20.4 Å². The Kier molecular flexibility index (Phi) is 8.97. The molecule has 194 valence electrons. The van der Waals surface area contributed by atoms with E-state index in [0.29, 0.717) is 28.7 Å². The molecule has 0 aromatic carbocycles. The van der Waals surface area contributed by atoms with Crippen molar-refractivity contribution in [1.29, 1.82) is 0 Å². The molecular weight excluding hydrogens is 498 g/mol. The van der Waals surface area contributed by atoms with Gasteiger partial charge in [-0.25, -0.2) is 4.79 Å². The molecule has 2 aromatic heterocycles. The second kappa shape index (κ2) is 11.5. The fraction of sp³-hybridized carbons (Fsp3) is 0.636. The number of piperidine rings is 1. The number of likely N-dealkylation sites (tertiary alicyclic amines) is 1. The fourth-order valence-electron chi connectivity index (χ4n) is 3.74. The molecule has 1 unspecified atom stereocenters. The van der Waals surface area contributed by atoms with Gasteiger partial charge in [0.25, 0.3) is 5.91 Å². The second-order valence-electron chi connectivity index (χ2n) is 9.56. The number of nitrogens with one attached hydrogen (secondary N) is 1. The molecule has 1 atom stereocenters. The van der Waals surface area contributed by atoms with Crippen molar-refractivity contribution in [3.63, 3.8) is 0 Å². The number of aliphatic hydroxyl groups excluding tert-OH is 1. The molecule has 1 aliphatic heterocycles. The smallest absolute Gasteiger partial charge is 0.410 e. The first-order chi connectivity index (χ1) is 16.4. The zero-order valence-corrected chi connectivity index (χ0v) is 21.8. The summed E-state index contributed by atoms with van der Waals surface area (Å²) in [5.41, 5.74) is -0.553. The van der Waals surface area contributed by atoms with Crippen LogP contribution in [0.5, 0.6) is 0 Å². The Morgan fingerprint density at radius 2 is 2.00 bits per heavy atom. The molecule has 11 nitrogen and oxygen atoms in total. The molecule has 35 heavy (non-hydrogen) atoms. The van der Waals surface area contributed by atoms with E-state index < -0.39 is 17.9 Å². The maximum atomic E-state index is 12.8. The van der Waals surface area contributed by atoms with E-state index in [-0.39, 0.29) is 36.4 Å². The summed E-state index contributed by atoms with van der Waals surface area (Å²) in [7, 11) is 1.59. The van der Waals surface area contributed by atoms with Crippen molar-refractivity contribution < 1.29 is 29.0 Å². The van der Waals surface area contributed by atoms with Crippen LogP contribution >= 0.6 is 22.9 Å². The molecule has 1 fully saturated rings. The third kappa shape index (κ3) is 8.06. The Labute approximate surface area is 213 Å². The summed E-state index contributed by atoms with van der Waals surface area (Å²) in [6, 6.07) is 2.83. The first-order valence-corrected chi connectivity index (χ1v) is 12.6. The number of aliphatic hydroxyl groups is 2. The number of hydrogen-bond acceptors (Lipinski definition) is 10. The van der Waals surface area contributed by atoms with E-state index in [4.69, 9.17) is 20.8 Å². The standard InChI is InChI=1S/C22H32ClN5O6S/c1-22(2,3)34-21(32)28-9-7-13(8-10-28)11-14(24-18(31)15-5-6-16(23)35-15)19-25-26-20(33-19)27(4)12-17(29)30/h5-6,13-14,17,29-30H,7-12H2,1-4H3,(H,24,31). The topological polar surface area (TPSA) is 141 Å². The average molecular weight is 530 g/mol. The number of rotatable bonds is 8. The van der Waals surface area contributed by atoms with Crippen LogP contribution in [-0.4, -0.2) is 75.9 Å². The lowest BCUT2D eigenvalue weighted by Crippen LogP contribution is -2.42. The molecule has 0 radical (unpaired) electrons. The van der Waals surface area contributed by atoms with Crippen LogP contribution in [0.15, 0.2) is 16.5 Å². The Morgan fingerprint density at radius 1 is 1.31 bits per heavy atom.